The Balaban J connectivity index is 1.89. The van der Waals surface area contributed by atoms with E-state index in [2.05, 4.69) is 6.07 Å². The van der Waals surface area contributed by atoms with E-state index in [0.29, 0.717) is 35.8 Å². The summed E-state index contributed by atoms with van der Waals surface area (Å²) >= 11 is 0. The molecule has 0 radical (unpaired) electrons. The number of nitrogens with zero attached hydrogens (tertiary/aromatic N) is 2. The van der Waals surface area contributed by atoms with Crippen LogP contribution in [0.4, 0.5) is 0 Å². The number of fused-ring (bicyclic) bond motifs is 1. The average molecular weight is 308 g/mol. The van der Waals surface area contributed by atoms with Crippen molar-refractivity contribution in [3.63, 3.8) is 0 Å². The highest BCUT2D eigenvalue weighted by Gasteiger charge is 2.36. The summed E-state index contributed by atoms with van der Waals surface area (Å²) in [5, 5.41) is 9.46. The molecule has 0 saturated carbocycles. The minimum absolute atomic E-state index is 0.144. The van der Waals surface area contributed by atoms with Gasteiger partial charge in [-0.1, -0.05) is 18.2 Å². The lowest BCUT2D eigenvalue weighted by Crippen LogP contribution is -2.30. The number of hydrogen-bond acceptors (Lipinski definition) is 4. The highest BCUT2D eigenvalue weighted by atomic mass is 16.5. The van der Waals surface area contributed by atoms with E-state index in [-0.39, 0.29) is 5.91 Å². The number of nitriles is 1. The van der Waals surface area contributed by atoms with Crippen molar-refractivity contribution in [1.82, 2.24) is 4.90 Å². The number of benzene rings is 2. The van der Waals surface area contributed by atoms with Gasteiger partial charge in [0.05, 0.1) is 12.7 Å². The van der Waals surface area contributed by atoms with Crippen molar-refractivity contribution in [2.75, 3.05) is 20.3 Å². The molecule has 116 valence electrons. The Morgan fingerprint density at radius 3 is 2.65 bits per heavy atom. The van der Waals surface area contributed by atoms with E-state index >= 15 is 0 Å². The maximum atomic E-state index is 12.4. The van der Waals surface area contributed by atoms with Crippen LogP contribution in [-0.2, 0) is 4.74 Å². The molecule has 2 aromatic rings. The third kappa shape index (κ3) is 2.89. The van der Waals surface area contributed by atoms with Gasteiger partial charge in [0, 0.05) is 24.8 Å². The van der Waals surface area contributed by atoms with E-state index in [1.54, 1.807) is 25.3 Å². The maximum Gasteiger partial charge on any atom is 0.255 e. The van der Waals surface area contributed by atoms with Crippen molar-refractivity contribution in [1.29, 1.82) is 5.26 Å². The molecular weight excluding hydrogens is 292 g/mol. The first-order chi connectivity index (χ1) is 11.2. The predicted molar refractivity (Wildman–Crippen MR) is 84.2 cm³/mol. The second-order valence-electron chi connectivity index (χ2n) is 5.19. The van der Waals surface area contributed by atoms with E-state index in [4.69, 9.17) is 9.47 Å². The number of methoxy groups -OCH3 is 1. The highest BCUT2D eigenvalue weighted by molar-refractivity contribution is 5.99. The molecule has 2 aromatic carbocycles. The molecule has 5 nitrogen and oxygen atoms in total. The summed E-state index contributed by atoms with van der Waals surface area (Å²) in [7, 11) is 1.57. The molecule has 0 saturated heterocycles. The Morgan fingerprint density at radius 1 is 1.17 bits per heavy atom. The maximum absolute atomic E-state index is 12.4. The van der Waals surface area contributed by atoms with Crippen molar-refractivity contribution in [3.8, 4) is 17.6 Å². The molecule has 0 spiro atoms. The molecule has 5 heteroatoms. The first-order valence-corrected chi connectivity index (χ1v) is 7.31. The Bertz CT molecular complexity index is 753. The van der Waals surface area contributed by atoms with Crippen LogP contribution in [-0.4, -0.2) is 31.1 Å². The standard InChI is InChI=1S/C18H16N2O3/c1-22-10-9-20-17(12-19)16-11-14(7-8-15(16)18(20)21)23-13-5-3-2-4-6-13/h2-8,11,17H,9-10H2,1H3. The fourth-order valence-electron chi connectivity index (χ4n) is 2.65. The molecule has 0 aromatic heterocycles. The monoisotopic (exact) mass is 308 g/mol. The minimum Gasteiger partial charge on any atom is -0.457 e. The number of ether oxygens (including phenoxy) is 2. The summed E-state index contributed by atoms with van der Waals surface area (Å²) < 4.78 is 10.8. The Kier molecular flexibility index (Phi) is 4.26. The molecule has 23 heavy (non-hydrogen) atoms. The van der Waals surface area contributed by atoms with Crippen molar-refractivity contribution in [2.24, 2.45) is 0 Å². The molecule has 1 aliphatic rings. The fourth-order valence-corrected chi connectivity index (χ4v) is 2.65. The molecule has 0 aliphatic carbocycles. The van der Waals surface area contributed by atoms with E-state index in [1.165, 1.54) is 4.90 Å². The van der Waals surface area contributed by atoms with Gasteiger partial charge in [-0.05, 0) is 30.3 Å². The number of carbonyl (C=O) groups is 1. The number of para-hydroxylation sites is 1. The van der Waals surface area contributed by atoms with Gasteiger partial charge in [-0.3, -0.25) is 4.79 Å². The molecule has 1 aliphatic heterocycles. The first-order valence-electron chi connectivity index (χ1n) is 7.31. The topological polar surface area (TPSA) is 62.6 Å². The van der Waals surface area contributed by atoms with Crippen LogP contribution in [0.2, 0.25) is 0 Å². The zero-order chi connectivity index (χ0) is 16.2. The molecule has 0 bridgehead atoms. The Hall–Kier alpha value is -2.84. The lowest BCUT2D eigenvalue weighted by molar-refractivity contribution is 0.0693. The second kappa shape index (κ2) is 6.51. The normalized spacial score (nSPS) is 16.1. The van der Waals surface area contributed by atoms with Gasteiger partial charge in [0.25, 0.3) is 5.91 Å². The third-order valence-electron chi connectivity index (χ3n) is 3.76. The van der Waals surface area contributed by atoms with Crippen LogP contribution in [0, 0.1) is 11.3 Å². The van der Waals surface area contributed by atoms with Crippen molar-refractivity contribution in [2.45, 2.75) is 6.04 Å². The van der Waals surface area contributed by atoms with Gasteiger partial charge < -0.3 is 14.4 Å². The zero-order valence-corrected chi connectivity index (χ0v) is 12.7. The molecule has 0 N–H and O–H groups in total. The highest BCUT2D eigenvalue weighted by Crippen LogP contribution is 2.36. The van der Waals surface area contributed by atoms with E-state index in [9.17, 15) is 10.1 Å². The van der Waals surface area contributed by atoms with E-state index in [0.717, 1.165) is 0 Å². The molecule has 3 rings (SSSR count). The number of rotatable bonds is 5. The SMILES string of the molecule is COCCN1C(=O)c2ccc(Oc3ccccc3)cc2C1C#N. The van der Waals surface area contributed by atoms with Gasteiger partial charge >= 0.3 is 0 Å². The number of hydrogen-bond donors (Lipinski definition) is 0. The number of amides is 1. The molecule has 1 unspecified atom stereocenters. The summed E-state index contributed by atoms with van der Waals surface area (Å²) in [4.78, 5) is 13.9. The molecule has 1 amide bonds. The summed E-state index contributed by atoms with van der Waals surface area (Å²) in [5.41, 5.74) is 1.23. The van der Waals surface area contributed by atoms with Gasteiger partial charge in [-0.15, -0.1) is 0 Å². The van der Waals surface area contributed by atoms with Crippen molar-refractivity contribution in [3.05, 3.63) is 59.7 Å². The average Bonchev–Trinajstić information content (AvgIpc) is 2.85. The van der Waals surface area contributed by atoms with Crippen molar-refractivity contribution < 1.29 is 14.3 Å². The predicted octanol–water partition coefficient (Wildman–Crippen LogP) is 3.15. The van der Waals surface area contributed by atoms with Gasteiger partial charge in [-0.25, -0.2) is 0 Å². The van der Waals surface area contributed by atoms with Gasteiger partial charge in [0.15, 0.2) is 0 Å². The summed E-state index contributed by atoms with van der Waals surface area (Å²) in [6.45, 7) is 0.780. The fraction of sp³-hybridized carbons (Fsp3) is 0.222. The Labute approximate surface area is 134 Å². The van der Waals surface area contributed by atoms with Crippen LogP contribution in [0.5, 0.6) is 11.5 Å². The third-order valence-corrected chi connectivity index (χ3v) is 3.76. The molecule has 1 atom stereocenters. The quantitative estimate of drug-likeness (QED) is 0.851. The van der Waals surface area contributed by atoms with Gasteiger partial charge in [0.1, 0.15) is 17.5 Å². The van der Waals surface area contributed by atoms with Crippen LogP contribution in [0.15, 0.2) is 48.5 Å². The van der Waals surface area contributed by atoms with Crippen LogP contribution < -0.4 is 4.74 Å². The van der Waals surface area contributed by atoms with E-state index in [1.807, 2.05) is 30.3 Å². The second-order valence-corrected chi connectivity index (χ2v) is 5.19. The Morgan fingerprint density at radius 2 is 1.96 bits per heavy atom. The van der Waals surface area contributed by atoms with Crippen LogP contribution in [0.1, 0.15) is 22.0 Å². The summed E-state index contributed by atoms with van der Waals surface area (Å²) in [5.74, 6) is 1.17. The zero-order valence-electron chi connectivity index (χ0n) is 12.7. The molecular formula is C18H16N2O3. The van der Waals surface area contributed by atoms with Crippen LogP contribution >= 0.6 is 0 Å². The molecule has 1 heterocycles. The summed E-state index contributed by atoms with van der Waals surface area (Å²) in [6.07, 6.45) is 0. The van der Waals surface area contributed by atoms with E-state index < -0.39 is 6.04 Å². The largest absolute Gasteiger partial charge is 0.457 e. The minimum atomic E-state index is -0.605. The van der Waals surface area contributed by atoms with Gasteiger partial charge in [0.2, 0.25) is 0 Å². The summed E-state index contributed by atoms with van der Waals surface area (Å²) in [6, 6.07) is 16.2. The lowest BCUT2D eigenvalue weighted by Gasteiger charge is -2.19. The van der Waals surface area contributed by atoms with Crippen LogP contribution in [0.25, 0.3) is 0 Å². The molecule has 0 fully saturated rings. The van der Waals surface area contributed by atoms with Crippen molar-refractivity contribution >= 4 is 5.91 Å². The van der Waals surface area contributed by atoms with Gasteiger partial charge in [-0.2, -0.15) is 5.26 Å². The first kappa shape index (κ1) is 15.1. The number of carbonyl (C=O) groups excluding carboxylic acids is 1. The smallest absolute Gasteiger partial charge is 0.255 e. The lowest BCUT2D eigenvalue weighted by atomic mass is 10.1. The van der Waals surface area contributed by atoms with Crippen LogP contribution in [0.3, 0.4) is 0 Å².